The van der Waals surface area contributed by atoms with Crippen molar-refractivity contribution in [2.45, 2.75) is 13.3 Å². The Morgan fingerprint density at radius 1 is 1.18 bits per heavy atom. The maximum atomic E-state index is 12.5. The number of aryl methyl sites for hydroxylation is 1. The van der Waals surface area contributed by atoms with E-state index in [0.717, 1.165) is 11.3 Å². The number of carbonyl (C=O) groups is 1. The molecule has 1 aliphatic heterocycles. The van der Waals surface area contributed by atoms with Gasteiger partial charge in [-0.25, -0.2) is 4.72 Å². The zero-order chi connectivity index (χ0) is 15.9. The lowest BCUT2D eigenvalue weighted by Crippen LogP contribution is -2.43. The summed E-state index contributed by atoms with van der Waals surface area (Å²) in [7, 11) is -2.18. The van der Waals surface area contributed by atoms with Crippen LogP contribution in [-0.2, 0) is 23.7 Å². The summed E-state index contributed by atoms with van der Waals surface area (Å²) in [6.45, 7) is 2.19. The molecule has 22 heavy (non-hydrogen) atoms. The van der Waals surface area contributed by atoms with Crippen molar-refractivity contribution in [3.8, 4) is 0 Å². The summed E-state index contributed by atoms with van der Waals surface area (Å²) in [6, 6.07) is 10.7. The third-order valence-electron chi connectivity index (χ3n) is 3.96. The highest BCUT2D eigenvalue weighted by Crippen LogP contribution is 2.29. The average Bonchev–Trinajstić information content (AvgIpc) is 3.03. The summed E-state index contributed by atoms with van der Waals surface area (Å²) in [6.07, 6.45) is 0.647. The van der Waals surface area contributed by atoms with Crippen molar-refractivity contribution in [3.63, 3.8) is 0 Å². The van der Waals surface area contributed by atoms with Gasteiger partial charge >= 0.3 is 10.2 Å². The normalized spacial score (nSPS) is 14.0. The van der Waals surface area contributed by atoms with Gasteiger partial charge in [-0.2, -0.15) is 8.42 Å². The number of nitrogens with one attached hydrogen (secondary N) is 1. The molecule has 2 heterocycles. The van der Waals surface area contributed by atoms with Crippen molar-refractivity contribution < 1.29 is 13.2 Å². The maximum Gasteiger partial charge on any atom is 0.326 e. The predicted molar refractivity (Wildman–Crippen MR) is 84.0 cm³/mol. The summed E-state index contributed by atoms with van der Waals surface area (Å²) >= 11 is 0. The van der Waals surface area contributed by atoms with Crippen molar-refractivity contribution in [2.24, 2.45) is 7.05 Å². The van der Waals surface area contributed by atoms with E-state index in [1.54, 1.807) is 35.9 Å². The minimum absolute atomic E-state index is 0.313. The largest absolute Gasteiger partial charge is 0.344 e. The molecule has 0 radical (unpaired) electrons. The average molecular weight is 319 g/mol. The van der Waals surface area contributed by atoms with E-state index in [2.05, 4.69) is 4.72 Å². The molecule has 6 nitrogen and oxygen atoms in total. The third-order valence-corrected chi connectivity index (χ3v) is 5.36. The zero-order valence-corrected chi connectivity index (χ0v) is 13.2. The van der Waals surface area contributed by atoms with Gasteiger partial charge in [-0.05, 0) is 37.1 Å². The fraction of sp³-hybridized carbons (Fsp3) is 0.267. The Balaban J connectivity index is 1.86. The van der Waals surface area contributed by atoms with Crippen LogP contribution in [0.2, 0.25) is 0 Å². The Labute approximate surface area is 129 Å². The number of para-hydroxylation sites is 1. The van der Waals surface area contributed by atoms with Gasteiger partial charge in [0.25, 0.3) is 5.91 Å². The second-order valence-corrected chi connectivity index (χ2v) is 6.90. The minimum Gasteiger partial charge on any atom is -0.344 e. The first kappa shape index (κ1) is 14.6. The quantitative estimate of drug-likeness (QED) is 0.929. The standard InChI is InChI=1S/C15H17N3O3S/c1-11-7-8-14(17(11)2)15(19)16-22(20,21)18-10-9-12-5-3-4-6-13(12)18/h3-8H,9-10H2,1-2H3,(H,16,19). The molecule has 0 saturated carbocycles. The topological polar surface area (TPSA) is 71.4 Å². The molecule has 0 spiro atoms. The fourth-order valence-electron chi connectivity index (χ4n) is 2.62. The highest BCUT2D eigenvalue weighted by atomic mass is 32.2. The van der Waals surface area contributed by atoms with E-state index in [-0.39, 0.29) is 0 Å². The van der Waals surface area contributed by atoms with Crippen LogP contribution in [0.15, 0.2) is 36.4 Å². The Morgan fingerprint density at radius 2 is 1.91 bits per heavy atom. The summed E-state index contributed by atoms with van der Waals surface area (Å²) in [5.74, 6) is -0.625. The number of rotatable bonds is 3. The maximum absolute atomic E-state index is 12.5. The minimum atomic E-state index is -3.91. The number of aromatic nitrogens is 1. The second-order valence-electron chi connectivity index (χ2n) is 5.31. The molecular weight excluding hydrogens is 302 g/mol. The zero-order valence-electron chi connectivity index (χ0n) is 12.4. The highest BCUT2D eigenvalue weighted by Gasteiger charge is 2.31. The van der Waals surface area contributed by atoms with Crippen LogP contribution in [0.25, 0.3) is 0 Å². The molecular formula is C15H17N3O3S. The van der Waals surface area contributed by atoms with Crippen molar-refractivity contribution >= 4 is 21.8 Å². The van der Waals surface area contributed by atoms with Crippen LogP contribution in [0.5, 0.6) is 0 Å². The number of nitrogens with zero attached hydrogens (tertiary/aromatic N) is 2. The number of anilines is 1. The highest BCUT2D eigenvalue weighted by molar-refractivity contribution is 7.91. The van der Waals surface area contributed by atoms with Gasteiger partial charge in [0.1, 0.15) is 5.69 Å². The summed E-state index contributed by atoms with van der Waals surface area (Å²) < 4.78 is 30.0. The Bertz CT molecular complexity index is 839. The molecule has 0 atom stereocenters. The molecule has 0 aliphatic carbocycles. The van der Waals surface area contributed by atoms with Gasteiger partial charge in [-0.1, -0.05) is 18.2 Å². The predicted octanol–water partition coefficient (Wildman–Crippen LogP) is 1.37. The van der Waals surface area contributed by atoms with Crippen LogP contribution in [0.4, 0.5) is 5.69 Å². The number of hydrogen-bond acceptors (Lipinski definition) is 3. The fourth-order valence-corrected chi connectivity index (χ4v) is 3.84. The molecule has 116 valence electrons. The third kappa shape index (κ3) is 2.37. The van der Waals surface area contributed by atoms with Crippen LogP contribution >= 0.6 is 0 Å². The van der Waals surface area contributed by atoms with Gasteiger partial charge in [-0.15, -0.1) is 0 Å². The van der Waals surface area contributed by atoms with Crippen LogP contribution in [-0.4, -0.2) is 25.4 Å². The monoisotopic (exact) mass is 319 g/mol. The van der Waals surface area contributed by atoms with E-state index in [4.69, 9.17) is 0 Å². The number of amides is 1. The van der Waals surface area contributed by atoms with Gasteiger partial charge in [0.05, 0.1) is 5.69 Å². The van der Waals surface area contributed by atoms with Gasteiger partial charge < -0.3 is 4.57 Å². The van der Waals surface area contributed by atoms with Gasteiger partial charge in [0, 0.05) is 19.3 Å². The Morgan fingerprint density at radius 3 is 2.59 bits per heavy atom. The molecule has 1 aliphatic rings. The molecule has 1 aromatic heterocycles. The number of carbonyl (C=O) groups excluding carboxylic acids is 1. The van der Waals surface area contributed by atoms with Crippen LogP contribution in [0.3, 0.4) is 0 Å². The molecule has 0 bridgehead atoms. The molecule has 7 heteroatoms. The molecule has 0 fully saturated rings. The van der Waals surface area contributed by atoms with Gasteiger partial charge in [0.2, 0.25) is 0 Å². The summed E-state index contributed by atoms with van der Waals surface area (Å²) in [4.78, 5) is 12.2. The second kappa shape index (κ2) is 5.17. The van der Waals surface area contributed by atoms with Crippen LogP contribution in [0, 0.1) is 6.92 Å². The molecule has 1 amide bonds. The smallest absolute Gasteiger partial charge is 0.326 e. The summed E-state index contributed by atoms with van der Waals surface area (Å²) in [5.41, 5.74) is 2.79. The lowest BCUT2D eigenvalue weighted by molar-refractivity contribution is 0.0973. The molecule has 0 unspecified atom stereocenters. The summed E-state index contributed by atoms with van der Waals surface area (Å²) in [5, 5.41) is 0. The molecule has 2 aromatic rings. The lowest BCUT2D eigenvalue weighted by Gasteiger charge is -2.19. The SMILES string of the molecule is Cc1ccc(C(=O)NS(=O)(=O)N2CCc3ccccc32)n1C. The van der Waals surface area contributed by atoms with Crippen LogP contribution in [0.1, 0.15) is 21.7 Å². The van der Waals surface area contributed by atoms with E-state index in [9.17, 15) is 13.2 Å². The van der Waals surface area contributed by atoms with Gasteiger partial charge in [-0.3, -0.25) is 9.10 Å². The number of benzene rings is 1. The van der Waals surface area contributed by atoms with Crippen LogP contribution < -0.4 is 9.03 Å². The molecule has 3 rings (SSSR count). The van der Waals surface area contributed by atoms with E-state index in [0.29, 0.717) is 24.3 Å². The lowest BCUT2D eigenvalue weighted by atomic mass is 10.2. The van der Waals surface area contributed by atoms with Crippen molar-refractivity contribution in [3.05, 3.63) is 53.3 Å². The van der Waals surface area contributed by atoms with Crippen molar-refractivity contribution in [2.75, 3.05) is 10.8 Å². The number of hydrogen-bond donors (Lipinski definition) is 1. The molecule has 1 aromatic carbocycles. The van der Waals surface area contributed by atoms with E-state index in [1.165, 1.54) is 4.31 Å². The van der Waals surface area contributed by atoms with Gasteiger partial charge in [0.15, 0.2) is 0 Å². The van der Waals surface area contributed by atoms with E-state index < -0.39 is 16.1 Å². The van der Waals surface area contributed by atoms with E-state index in [1.807, 2.05) is 19.1 Å². The molecule has 1 N–H and O–H groups in total. The first-order valence-corrected chi connectivity index (χ1v) is 8.39. The number of fused-ring (bicyclic) bond motifs is 1. The Hall–Kier alpha value is -2.28. The van der Waals surface area contributed by atoms with Crippen molar-refractivity contribution in [1.82, 2.24) is 9.29 Å². The first-order valence-electron chi connectivity index (χ1n) is 6.95. The van der Waals surface area contributed by atoms with Crippen molar-refractivity contribution in [1.29, 1.82) is 0 Å². The Kier molecular flexibility index (Phi) is 3.44. The first-order chi connectivity index (χ1) is 10.4. The van der Waals surface area contributed by atoms with E-state index >= 15 is 0 Å². The molecule has 0 saturated heterocycles.